The molecule has 2 heterocycles. The molecular weight excluding hydrogens is 214 g/mol. The van der Waals surface area contributed by atoms with Crippen LogP contribution in [0.25, 0.3) is 0 Å². The number of hydrogen-bond donors (Lipinski definition) is 0. The van der Waals surface area contributed by atoms with Crippen LogP contribution in [0.4, 0.5) is 0 Å². The zero-order valence-electron chi connectivity index (χ0n) is 9.84. The number of pyridine rings is 1. The zero-order valence-corrected chi connectivity index (χ0v) is 9.84. The number of nitrogens with zero attached hydrogens (tertiary/aromatic N) is 3. The maximum absolute atomic E-state index is 11.7. The van der Waals surface area contributed by atoms with Crippen molar-refractivity contribution in [3.8, 4) is 0 Å². The molecule has 0 N–H and O–H groups in total. The normalized spacial score (nSPS) is 10.4. The van der Waals surface area contributed by atoms with Gasteiger partial charge in [0, 0.05) is 38.0 Å². The number of carbonyl (C=O) groups excluding carboxylic acids is 1. The summed E-state index contributed by atoms with van der Waals surface area (Å²) in [4.78, 5) is 15.9. The summed E-state index contributed by atoms with van der Waals surface area (Å²) in [5.41, 5.74) is 1.94. The molecule has 0 saturated heterocycles. The molecule has 0 aliphatic rings. The summed E-state index contributed by atoms with van der Waals surface area (Å²) in [5, 5.41) is 4.04. The molecule has 0 saturated carbocycles. The molecule has 2 aromatic rings. The smallest absolute Gasteiger partial charge is 0.137 e. The second kappa shape index (κ2) is 5.39. The summed E-state index contributed by atoms with van der Waals surface area (Å²) in [7, 11) is 1.85. The first kappa shape index (κ1) is 11.5. The van der Waals surface area contributed by atoms with E-state index < -0.39 is 0 Å². The molecule has 4 nitrogen and oxygen atoms in total. The van der Waals surface area contributed by atoms with Crippen LogP contribution in [0.2, 0.25) is 0 Å². The number of rotatable bonds is 5. The summed E-state index contributed by atoms with van der Waals surface area (Å²) >= 11 is 0. The summed E-state index contributed by atoms with van der Waals surface area (Å²) in [6, 6.07) is 5.76. The van der Waals surface area contributed by atoms with E-state index in [2.05, 4.69) is 10.1 Å². The summed E-state index contributed by atoms with van der Waals surface area (Å²) in [6.07, 6.45) is 7.06. The fraction of sp³-hybridized carbons (Fsp3) is 0.308. The Morgan fingerprint density at radius 3 is 2.94 bits per heavy atom. The lowest BCUT2D eigenvalue weighted by Crippen LogP contribution is -2.04. The molecule has 0 aliphatic carbocycles. The molecule has 0 atom stereocenters. The van der Waals surface area contributed by atoms with E-state index in [-0.39, 0.29) is 5.78 Å². The van der Waals surface area contributed by atoms with Gasteiger partial charge in [0.1, 0.15) is 5.78 Å². The molecule has 2 rings (SSSR count). The molecule has 0 aromatic carbocycles. The molecule has 2 aromatic heterocycles. The van der Waals surface area contributed by atoms with Gasteiger partial charge in [0.2, 0.25) is 0 Å². The Hall–Kier alpha value is -1.97. The largest absolute Gasteiger partial charge is 0.299 e. The van der Waals surface area contributed by atoms with Gasteiger partial charge in [0.25, 0.3) is 0 Å². The van der Waals surface area contributed by atoms with E-state index in [4.69, 9.17) is 0 Å². The Morgan fingerprint density at radius 1 is 1.41 bits per heavy atom. The predicted molar refractivity (Wildman–Crippen MR) is 64.5 cm³/mol. The van der Waals surface area contributed by atoms with Crippen molar-refractivity contribution in [1.29, 1.82) is 0 Å². The fourth-order valence-electron chi connectivity index (χ4n) is 1.69. The van der Waals surface area contributed by atoms with E-state index in [1.807, 2.05) is 31.4 Å². The lowest BCUT2D eigenvalue weighted by atomic mass is 10.1. The minimum Gasteiger partial charge on any atom is -0.299 e. The van der Waals surface area contributed by atoms with E-state index in [9.17, 15) is 4.79 Å². The van der Waals surface area contributed by atoms with Crippen LogP contribution in [-0.4, -0.2) is 20.5 Å². The highest BCUT2D eigenvalue weighted by atomic mass is 16.1. The van der Waals surface area contributed by atoms with Crippen LogP contribution in [-0.2, 0) is 24.7 Å². The minimum absolute atomic E-state index is 0.226. The maximum atomic E-state index is 11.7. The van der Waals surface area contributed by atoms with Crippen LogP contribution < -0.4 is 0 Å². The molecule has 0 spiro atoms. The quantitative estimate of drug-likeness (QED) is 0.781. The molecule has 0 unspecified atom stereocenters. The predicted octanol–water partition coefficient (Wildman–Crippen LogP) is 1.56. The van der Waals surface area contributed by atoms with Crippen LogP contribution in [0.5, 0.6) is 0 Å². The molecule has 0 fully saturated rings. The van der Waals surface area contributed by atoms with Crippen molar-refractivity contribution in [1.82, 2.24) is 14.8 Å². The highest BCUT2D eigenvalue weighted by molar-refractivity contribution is 5.80. The molecular formula is C13H15N3O. The average Bonchev–Trinajstić information content (AvgIpc) is 2.73. The summed E-state index contributed by atoms with van der Waals surface area (Å²) < 4.78 is 1.71. The van der Waals surface area contributed by atoms with Gasteiger partial charge in [-0.3, -0.25) is 14.5 Å². The van der Waals surface area contributed by atoms with Crippen LogP contribution in [0.1, 0.15) is 17.7 Å². The van der Waals surface area contributed by atoms with Crippen molar-refractivity contribution in [2.45, 2.75) is 19.3 Å². The third kappa shape index (κ3) is 3.52. The molecule has 17 heavy (non-hydrogen) atoms. The Bertz CT molecular complexity index is 490. The van der Waals surface area contributed by atoms with Gasteiger partial charge < -0.3 is 0 Å². The zero-order chi connectivity index (χ0) is 12.1. The molecule has 0 amide bonds. The monoisotopic (exact) mass is 229 g/mol. The second-order valence-electron chi connectivity index (χ2n) is 4.06. The maximum Gasteiger partial charge on any atom is 0.137 e. The van der Waals surface area contributed by atoms with Crippen molar-refractivity contribution >= 4 is 5.78 Å². The Balaban J connectivity index is 1.82. The first-order valence-corrected chi connectivity index (χ1v) is 5.63. The second-order valence-corrected chi connectivity index (χ2v) is 4.06. The van der Waals surface area contributed by atoms with Crippen molar-refractivity contribution in [2.24, 2.45) is 7.05 Å². The molecule has 4 heteroatoms. The van der Waals surface area contributed by atoms with Gasteiger partial charge in [-0.2, -0.15) is 5.10 Å². The van der Waals surface area contributed by atoms with Gasteiger partial charge in [-0.1, -0.05) is 6.07 Å². The highest BCUT2D eigenvalue weighted by Crippen LogP contribution is 2.04. The van der Waals surface area contributed by atoms with Crippen LogP contribution >= 0.6 is 0 Å². The van der Waals surface area contributed by atoms with Crippen LogP contribution in [0.15, 0.2) is 36.8 Å². The Labute approximate surface area is 100 Å². The standard InChI is InChI=1S/C13H15N3O/c1-16-10-11(9-15-16)8-13(17)6-5-12-4-2-3-7-14-12/h2-4,7,9-10H,5-6,8H2,1H3. The molecule has 0 aliphatic heterocycles. The van der Waals surface area contributed by atoms with E-state index in [1.54, 1.807) is 17.1 Å². The number of hydrogen-bond acceptors (Lipinski definition) is 3. The third-order valence-electron chi connectivity index (χ3n) is 2.55. The van der Waals surface area contributed by atoms with Gasteiger partial charge in [-0.05, 0) is 24.1 Å². The average molecular weight is 229 g/mol. The first-order chi connectivity index (χ1) is 8.24. The Morgan fingerprint density at radius 2 is 2.29 bits per heavy atom. The van der Waals surface area contributed by atoms with Crippen molar-refractivity contribution in [3.63, 3.8) is 0 Å². The number of aryl methyl sites for hydroxylation is 2. The van der Waals surface area contributed by atoms with Crippen molar-refractivity contribution < 1.29 is 4.79 Å². The van der Waals surface area contributed by atoms with Crippen molar-refractivity contribution in [3.05, 3.63) is 48.0 Å². The topological polar surface area (TPSA) is 47.8 Å². The number of aromatic nitrogens is 3. The first-order valence-electron chi connectivity index (χ1n) is 5.63. The van der Waals surface area contributed by atoms with Crippen LogP contribution in [0, 0.1) is 0 Å². The lowest BCUT2D eigenvalue weighted by Gasteiger charge is -1.99. The SMILES string of the molecule is Cn1cc(CC(=O)CCc2ccccn2)cn1. The van der Waals surface area contributed by atoms with E-state index in [0.717, 1.165) is 11.3 Å². The van der Waals surface area contributed by atoms with Gasteiger partial charge in [-0.15, -0.1) is 0 Å². The van der Waals surface area contributed by atoms with Gasteiger partial charge in [0.15, 0.2) is 0 Å². The van der Waals surface area contributed by atoms with E-state index in [1.165, 1.54) is 0 Å². The molecule has 0 bridgehead atoms. The number of carbonyl (C=O) groups is 1. The molecule has 88 valence electrons. The summed E-state index contributed by atoms with van der Waals surface area (Å²) in [6.45, 7) is 0. The highest BCUT2D eigenvalue weighted by Gasteiger charge is 2.06. The fourth-order valence-corrected chi connectivity index (χ4v) is 1.69. The van der Waals surface area contributed by atoms with Crippen molar-refractivity contribution in [2.75, 3.05) is 0 Å². The van der Waals surface area contributed by atoms with Gasteiger partial charge in [0.05, 0.1) is 6.20 Å². The van der Waals surface area contributed by atoms with Crippen LogP contribution in [0.3, 0.4) is 0 Å². The van der Waals surface area contributed by atoms with Gasteiger partial charge in [-0.25, -0.2) is 0 Å². The van der Waals surface area contributed by atoms with Gasteiger partial charge >= 0.3 is 0 Å². The minimum atomic E-state index is 0.226. The number of ketones is 1. The molecule has 0 radical (unpaired) electrons. The number of Topliss-reactive ketones (excluding diaryl/α,β-unsaturated/α-hetero) is 1. The summed E-state index contributed by atoms with van der Waals surface area (Å²) in [5.74, 6) is 0.226. The van der Waals surface area contributed by atoms with E-state index in [0.29, 0.717) is 19.3 Å². The van der Waals surface area contributed by atoms with E-state index >= 15 is 0 Å². The lowest BCUT2D eigenvalue weighted by molar-refractivity contribution is -0.118. The Kier molecular flexibility index (Phi) is 3.65. The third-order valence-corrected chi connectivity index (χ3v) is 2.55.